The predicted octanol–water partition coefficient (Wildman–Crippen LogP) is 1.93. The fourth-order valence-electron chi connectivity index (χ4n) is 2.03. The lowest BCUT2D eigenvalue weighted by atomic mass is 10.0. The Kier molecular flexibility index (Phi) is 4.37. The zero-order valence-electron chi connectivity index (χ0n) is 10.8. The van der Waals surface area contributed by atoms with Gasteiger partial charge in [-0.1, -0.05) is 0 Å². The van der Waals surface area contributed by atoms with Crippen molar-refractivity contribution >= 4 is 11.6 Å². The number of ether oxygens (including phenoxy) is 2. The van der Waals surface area contributed by atoms with Crippen LogP contribution in [0, 0.1) is 17.2 Å². The molecule has 1 heterocycles. The van der Waals surface area contributed by atoms with Gasteiger partial charge in [0.15, 0.2) is 0 Å². The number of hydrogen-bond acceptors (Lipinski definition) is 4. The van der Waals surface area contributed by atoms with Crippen LogP contribution in [0.15, 0.2) is 18.2 Å². The maximum Gasteiger partial charge on any atom is 0.229 e. The fraction of sp³-hybridized carbons (Fsp3) is 0.429. The van der Waals surface area contributed by atoms with E-state index in [2.05, 4.69) is 11.4 Å². The number of amides is 1. The van der Waals surface area contributed by atoms with E-state index in [1.807, 2.05) is 0 Å². The summed E-state index contributed by atoms with van der Waals surface area (Å²) in [6.45, 7) is 1.16. The van der Waals surface area contributed by atoms with Crippen molar-refractivity contribution in [1.82, 2.24) is 0 Å². The Morgan fingerprint density at radius 2 is 2.42 bits per heavy atom. The highest BCUT2D eigenvalue weighted by Crippen LogP contribution is 2.23. The molecule has 5 heteroatoms. The lowest BCUT2D eigenvalue weighted by Gasteiger charge is -2.21. The minimum atomic E-state index is -0.147. The third-order valence-electron chi connectivity index (χ3n) is 3.14. The molecule has 5 nitrogen and oxygen atoms in total. The summed E-state index contributed by atoms with van der Waals surface area (Å²) < 4.78 is 10.4. The topological polar surface area (TPSA) is 71.3 Å². The lowest BCUT2D eigenvalue weighted by molar-refractivity contribution is -0.123. The van der Waals surface area contributed by atoms with E-state index in [9.17, 15) is 4.79 Å². The lowest BCUT2D eigenvalue weighted by Crippen LogP contribution is -2.30. The van der Waals surface area contributed by atoms with Gasteiger partial charge in [-0.2, -0.15) is 5.26 Å². The van der Waals surface area contributed by atoms with Gasteiger partial charge in [0, 0.05) is 12.7 Å². The molecule has 1 saturated heterocycles. The van der Waals surface area contributed by atoms with E-state index < -0.39 is 0 Å². The number of rotatable bonds is 3. The summed E-state index contributed by atoms with van der Waals surface area (Å²) >= 11 is 0. The van der Waals surface area contributed by atoms with E-state index in [0.29, 0.717) is 30.2 Å². The average molecular weight is 260 g/mol. The van der Waals surface area contributed by atoms with Gasteiger partial charge < -0.3 is 14.8 Å². The molecule has 0 saturated carbocycles. The highest BCUT2D eigenvalue weighted by molar-refractivity contribution is 5.94. The Balaban J connectivity index is 2.13. The summed E-state index contributed by atoms with van der Waals surface area (Å²) in [6.07, 6.45) is 1.71. The van der Waals surface area contributed by atoms with Gasteiger partial charge in [0.1, 0.15) is 11.8 Å². The van der Waals surface area contributed by atoms with Gasteiger partial charge in [0.25, 0.3) is 0 Å². The number of nitrogens with one attached hydrogen (secondary N) is 1. The highest BCUT2D eigenvalue weighted by atomic mass is 16.5. The molecule has 0 aromatic heterocycles. The van der Waals surface area contributed by atoms with Gasteiger partial charge in [-0.05, 0) is 25.0 Å². The molecular weight excluding hydrogens is 244 g/mol. The molecule has 1 aliphatic heterocycles. The molecule has 0 spiro atoms. The van der Waals surface area contributed by atoms with Crippen LogP contribution in [-0.4, -0.2) is 26.2 Å². The maximum atomic E-state index is 12.1. The van der Waals surface area contributed by atoms with Crippen LogP contribution in [0.4, 0.5) is 5.69 Å². The first kappa shape index (κ1) is 13.4. The van der Waals surface area contributed by atoms with Crippen molar-refractivity contribution in [3.63, 3.8) is 0 Å². The number of anilines is 1. The predicted molar refractivity (Wildman–Crippen MR) is 69.9 cm³/mol. The second-order valence-corrected chi connectivity index (χ2v) is 4.43. The van der Waals surface area contributed by atoms with Crippen molar-refractivity contribution in [2.75, 3.05) is 25.6 Å². The third-order valence-corrected chi connectivity index (χ3v) is 3.14. The van der Waals surface area contributed by atoms with Crippen molar-refractivity contribution < 1.29 is 14.3 Å². The molecule has 0 bridgehead atoms. The smallest absolute Gasteiger partial charge is 0.229 e. The first-order valence-corrected chi connectivity index (χ1v) is 6.21. The van der Waals surface area contributed by atoms with Crippen LogP contribution in [-0.2, 0) is 9.53 Å². The van der Waals surface area contributed by atoms with Gasteiger partial charge in [0.2, 0.25) is 5.91 Å². The molecule has 1 fully saturated rings. The van der Waals surface area contributed by atoms with Crippen LogP contribution >= 0.6 is 0 Å². The molecule has 0 aliphatic carbocycles. The summed E-state index contributed by atoms with van der Waals surface area (Å²) in [7, 11) is 1.54. The van der Waals surface area contributed by atoms with E-state index in [-0.39, 0.29) is 11.8 Å². The van der Waals surface area contributed by atoms with Crippen LogP contribution in [0.5, 0.6) is 5.75 Å². The second kappa shape index (κ2) is 6.21. The Hall–Kier alpha value is -2.06. The number of carbonyl (C=O) groups is 1. The maximum absolute atomic E-state index is 12.1. The van der Waals surface area contributed by atoms with Gasteiger partial charge in [-0.3, -0.25) is 4.79 Å². The summed E-state index contributed by atoms with van der Waals surface area (Å²) in [5, 5.41) is 11.8. The molecule has 1 aliphatic rings. The van der Waals surface area contributed by atoms with Crippen LogP contribution in [0.3, 0.4) is 0 Å². The average Bonchev–Trinajstić information content (AvgIpc) is 2.48. The van der Waals surface area contributed by atoms with E-state index in [1.54, 1.807) is 25.3 Å². The molecule has 0 unspecified atom stereocenters. The largest absolute Gasteiger partial charge is 0.497 e. The minimum Gasteiger partial charge on any atom is -0.497 e. The molecule has 1 amide bonds. The van der Waals surface area contributed by atoms with Crippen molar-refractivity contribution in [2.24, 2.45) is 5.92 Å². The fourth-order valence-corrected chi connectivity index (χ4v) is 2.03. The minimum absolute atomic E-state index is 0.107. The van der Waals surface area contributed by atoms with Crippen LogP contribution in [0.2, 0.25) is 0 Å². The number of benzene rings is 1. The van der Waals surface area contributed by atoms with Gasteiger partial charge >= 0.3 is 0 Å². The van der Waals surface area contributed by atoms with E-state index in [1.165, 1.54) is 0 Å². The Morgan fingerprint density at radius 3 is 3.05 bits per heavy atom. The number of hydrogen-bond donors (Lipinski definition) is 1. The van der Waals surface area contributed by atoms with Gasteiger partial charge in [-0.25, -0.2) is 0 Å². The van der Waals surface area contributed by atoms with Crippen molar-refractivity contribution in [3.05, 3.63) is 23.8 Å². The molecule has 0 radical (unpaired) electrons. The number of nitriles is 1. The van der Waals surface area contributed by atoms with Crippen molar-refractivity contribution in [2.45, 2.75) is 12.8 Å². The molecule has 100 valence electrons. The van der Waals surface area contributed by atoms with Gasteiger partial charge in [-0.15, -0.1) is 0 Å². The first-order valence-electron chi connectivity index (χ1n) is 6.21. The highest BCUT2D eigenvalue weighted by Gasteiger charge is 2.22. The van der Waals surface area contributed by atoms with E-state index >= 15 is 0 Å². The molecule has 1 aromatic carbocycles. The first-order chi connectivity index (χ1) is 9.24. The number of carbonyl (C=O) groups excluding carboxylic acids is 1. The normalized spacial score (nSPS) is 18.4. The van der Waals surface area contributed by atoms with E-state index in [0.717, 1.165) is 12.8 Å². The third kappa shape index (κ3) is 3.24. The van der Waals surface area contributed by atoms with Crippen LogP contribution < -0.4 is 10.1 Å². The Labute approximate surface area is 112 Å². The zero-order chi connectivity index (χ0) is 13.7. The molecule has 2 rings (SSSR count). The van der Waals surface area contributed by atoms with Crippen molar-refractivity contribution in [3.8, 4) is 11.8 Å². The zero-order valence-corrected chi connectivity index (χ0v) is 10.8. The quantitative estimate of drug-likeness (QED) is 0.901. The molecule has 19 heavy (non-hydrogen) atoms. The number of nitrogens with zero attached hydrogens (tertiary/aromatic N) is 1. The Bertz CT molecular complexity index is 502. The molecule has 1 N–H and O–H groups in total. The molecule has 1 aromatic rings. The molecular formula is C14H16N2O3. The summed E-state index contributed by atoms with van der Waals surface area (Å²) in [4.78, 5) is 12.1. The monoisotopic (exact) mass is 260 g/mol. The number of methoxy groups -OCH3 is 1. The summed E-state index contributed by atoms with van der Waals surface area (Å²) in [5.74, 6) is 0.352. The standard InChI is InChI=1S/C14H16N2O3/c1-18-12-5-4-10(8-15)13(7-12)16-14(17)11-3-2-6-19-9-11/h4-5,7,11H,2-3,6,9H2,1H3,(H,16,17)/t11-/m1/s1. The van der Waals surface area contributed by atoms with Crippen molar-refractivity contribution in [1.29, 1.82) is 5.26 Å². The summed E-state index contributed by atoms with van der Waals surface area (Å²) in [6, 6.07) is 7.03. The molecule has 1 atom stereocenters. The SMILES string of the molecule is COc1ccc(C#N)c(NC(=O)[C@@H]2CCCOC2)c1. The van der Waals surface area contributed by atoms with E-state index in [4.69, 9.17) is 14.7 Å². The van der Waals surface area contributed by atoms with Crippen LogP contribution in [0.1, 0.15) is 18.4 Å². The van der Waals surface area contributed by atoms with Gasteiger partial charge in [0.05, 0.1) is 30.9 Å². The summed E-state index contributed by atoms with van der Waals surface area (Å²) in [5.41, 5.74) is 0.906. The van der Waals surface area contributed by atoms with Crippen LogP contribution in [0.25, 0.3) is 0 Å². The Morgan fingerprint density at radius 1 is 1.58 bits per heavy atom. The second-order valence-electron chi connectivity index (χ2n) is 4.43.